The van der Waals surface area contributed by atoms with E-state index in [-0.39, 0.29) is 12.1 Å². The zero-order chi connectivity index (χ0) is 13.6. The number of aliphatic carboxylic acids is 1. The number of carboxylic acids is 1. The summed E-state index contributed by atoms with van der Waals surface area (Å²) < 4.78 is 0. The number of hydrogen-bond acceptors (Lipinski definition) is 4. The van der Waals surface area contributed by atoms with Crippen LogP contribution in [0.15, 0.2) is 18.5 Å². The molecule has 0 bridgehead atoms. The quantitative estimate of drug-likeness (QED) is 0.817. The van der Waals surface area contributed by atoms with Gasteiger partial charge >= 0.3 is 5.97 Å². The van der Waals surface area contributed by atoms with Gasteiger partial charge in [0.1, 0.15) is 0 Å². The van der Waals surface area contributed by atoms with Crippen molar-refractivity contribution in [3.05, 3.63) is 29.6 Å². The van der Waals surface area contributed by atoms with Crippen LogP contribution in [0.4, 0.5) is 0 Å². The summed E-state index contributed by atoms with van der Waals surface area (Å²) in [5.74, 6) is -1.80. The molecule has 1 fully saturated rings. The van der Waals surface area contributed by atoms with E-state index in [1.165, 1.54) is 18.5 Å². The molecule has 1 N–H and O–H groups in total. The van der Waals surface area contributed by atoms with Crippen molar-refractivity contribution in [2.45, 2.75) is 19.3 Å². The standard InChI is InChI=1S/C13H12N2O4/c16-10-8-2-5-14-6-9(8)11(17)15(10)7-13(12(18)19)3-1-4-13/h2,5-6H,1,3-4,7H2,(H,18,19). The minimum Gasteiger partial charge on any atom is -0.481 e. The van der Waals surface area contributed by atoms with E-state index >= 15 is 0 Å². The van der Waals surface area contributed by atoms with E-state index < -0.39 is 23.2 Å². The first-order valence-corrected chi connectivity index (χ1v) is 6.09. The third kappa shape index (κ3) is 1.56. The lowest BCUT2D eigenvalue weighted by Crippen LogP contribution is -2.49. The fraction of sp³-hybridized carbons (Fsp3) is 0.385. The SMILES string of the molecule is O=C1c2ccncc2C(=O)N1CC1(C(=O)O)CCC1. The number of carboxylic acid groups (broad SMARTS) is 1. The summed E-state index contributed by atoms with van der Waals surface area (Å²) in [5, 5.41) is 9.27. The molecule has 0 atom stereocenters. The van der Waals surface area contributed by atoms with Crippen LogP contribution in [0.25, 0.3) is 0 Å². The number of imide groups is 1. The third-order valence-corrected chi connectivity index (χ3v) is 4.00. The molecule has 0 saturated heterocycles. The van der Waals surface area contributed by atoms with Crippen LogP contribution in [-0.2, 0) is 4.79 Å². The number of pyridine rings is 1. The number of fused-ring (bicyclic) bond motifs is 1. The summed E-state index contributed by atoms with van der Waals surface area (Å²) in [7, 11) is 0. The first kappa shape index (κ1) is 11.8. The Morgan fingerprint density at radius 1 is 1.32 bits per heavy atom. The fourth-order valence-electron chi connectivity index (χ4n) is 2.62. The fourth-order valence-corrected chi connectivity index (χ4v) is 2.62. The summed E-state index contributed by atoms with van der Waals surface area (Å²) in [6.45, 7) is -0.0469. The minimum atomic E-state index is -0.958. The summed E-state index contributed by atoms with van der Waals surface area (Å²) in [5.41, 5.74) is -0.395. The molecule has 2 amide bonds. The average Bonchev–Trinajstić information content (AvgIpc) is 2.58. The molecule has 3 rings (SSSR count). The first-order valence-electron chi connectivity index (χ1n) is 6.09. The average molecular weight is 260 g/mol. The lowest BCUT2D eigenvalue weighted by Gasteiger charge is -2.39. The van der Waals surface area contributed by atoms with Crippen LogP contribution in [-0.4, -0.2) is 39.3 Å². The van der Waals surface area contributed by atoms with Gasteiger partial charge < -0.3 is 5.11 Å². The molecule has 1 aliphatic heterocycles. The van der Waals surface area contributed by atoms with Crippen molar-refractivity contribution in [2.75, 3.05) is 6.54 Å². The van der Waals surface area contributed by atoms with Crippen molar-refractivity contribution in [3.8, 4) is 0 Å². The number of carbonyl (C=O) groups excluding carboxylic acids is 2. The molecule has 6 heteroatoms. The summed E-state index contributed by atoms with van der Waals surface area (Å²) in [6, 6.07) is 1.49. The van der Waals surface area contributed by atoms with Gasteiger partial charge in [0.2, 0.25) is 0 Å². The van der Waals surface area contributed by atoms with Gasteiger partial charge in [-0.3, -0.25) is 24.3 Å². The van der Waals surface area contributed by atoms with Crippen molar-refractivity contribution in [1.82, 2.24) is 9.88 Å². The van der Waals surface area contributed by atoms with Crippen molar-refractivity contribution in [3.63, 3.8) is 0 Å². The van der Waals surface area contributed by atoms with Crippen LogP contribution in [0.3, 0.4) is 0 Å². The number of amides is 2. The molecule has 1 aliphatic carbocycles. The summed E-state index contributed by atoms with van der Waals surface area (Å²) >= 11 is 0. The van der Waals surface area contributed by atoms with Gasteiger partial charge in [-0.05, 0) is 18.9 Å². The molecule has 2 heterocycles. The Balaban J connectivity index is 1.91. The van der Waals surface area contributed by atoms with E-state index in [1.54, 1.807) is 0 Å². The van der Waals surface area contributed by atoms with Gasteiger partial charge in [0.05, 0.1) is 16.5 Å². The largest absolute Gasteiger partial charge is 0.481 e. The highest BCUT2D eigenvalue weighted by molar-refractivity contribution is 6.21. The van der Waals surface area contributed by atoms with Crippen LogP contribution in [0.2, 0.25) is 0 Å². The van der Waals surface area contributed by atoms with E-state index in [0.717, 1.165) is 11.3 Å². The predicted molar refractivity (Wildman–Crippen MR) is 63.5 cm³/mol. The number of nitrogens with zero attached hydrogens (tertiary/aromatic N) is 2. The molecule has 0 spiro atoms. The zero-order valence-corrected chi connectivity index (χ0v) is 10.1. The molecule has 19 heavy (non-hydrogen) atoms. The van der Waals surface area contributed by atoms with E-state index in [4.69, 9.17) is 0 Å². The Bertz CT molecular complexity index is 557. The van der Waals surface area contributed by atoms with Crippen molar-refractivity contribution >= 4 is 17.8 Å². The van der Waals surface area contributed by atoms with Crippen LogP contribution in [0, 0.1) is 5.41 Å². The predicted octanol–water partition coefficient (Wildman–Crippen LogP) is 0.933. The lowest BCUT2D eigenvalue weighted by atomic mass is 9.68. The van der Waals surface area contributed by atoms with Gasteiger partial charge in [-0.2, -0.15) is 0 Å². The van der Waals surface area contributed by atoms with Crippen LogP contribution in [0.5, 0.6) is 0 Å². The molecule has 2 aliphatic rings. The molecular formula is C13H12N2O4. The molecule has 1 saturated carbocycles. The third-order valence-electron chi connectivity index (χ3n) is 4.00. The molecule has 1 aromatic rings. The highest BCUT2D eigenvalue weighted by atomic mass is 16.4. The van der Waals surface area contributed by atoms with Gasteiger partial charge in [-0.1, -0.05) is 6.42 Å². The van der Waals surface area contributed by atoms with Gasteiger partial charge in [0.25, 0.3) is 11.8 Å². The van der Waals surface area contributed by atoms with E-state index in [9.17, 15) is 19.5 Å². The van der Waals surface area contributed by atoms with E-state index in [1.807, 2.05) is 0 Å². The first-order chi connectivity index (χ1) is 9.05. The second-order valence-corrected chi connectivity index (χ2v) is 5.06. The van der Waals surface area contributed by atoms with E-state index in [2.05, 4.69) is 4.98 Å². The number of carbonyl (C=O) groups is 3. The molecule has 0 radical (unpaired) electrons. The smallest absolute Gasteiger partial charge is 0.311 e. The number of rotatable bonds is 3. The second kappa shape index (κ2) is 3.88. The van der Waals surface area contributed by atoms with Gasteiger partial charge in [0.15, 0.2) is 0 Å². The topological polar surface area (TPSA) is 87.6 Å². The Labute approximate surface area is 109 Å². The number of hydrogen-bond donors (Lipinski definition) is 1. The zero-order valence-electron chi connectivity index (χ0n) is 10.1. The Hall–Kier alpha value is -2.24. The number of aromatic nitrogens is 1. The molecule has 6 nitrogen and oxygen atoms in total. The molecule has 98 valence electrons. The van der Waals surface area contributed by atoms with Crippen molar-refractivity contribution in [2.24, 2.45) is 5.41 Å². The van der Waals surface area contributed by atoms with E-state index in [0.29, 0.717) is 18.4 Å². The second-order valence-electron chi connectivity index (χ2n) is 5.06. The van der Waals surface area contributed by atoms with Gasteiger partial charge in [-0.15, -0.1) is 0 Å². The Morgan fingerprint density at radius 3 is 2.53 bits per heavy atom. The van der Waals surface area contributed by atoms with Gasteiger partial charge in [-0.25, -0.2) is 0 Å². The summed E-state index contributed by atoms with van der Waals surface area (Å²) in [6.07, 6.45) is 4.63. The highest BCUT2D eigenvalue weighted by Crippen LogP contribution is 2.43. The van der Waals surface area contributed by atoms with Crippen LogP contribution in [0.1, 0.15) is 40.0 Å². The maximum absolute atomic E-state index is 12.1. The van der Waals surface area contributed by atoms with Crippen LogP contribution >= 0.6 is 0 Å². The Kier molecular flexibility index (Phi) is 2.41. The minimum absolute atomic E-state index is 0.0469. The maximum atomic E-state index is 12.1. The van der Waals surface area contributed by atoms with Crippen LogP contribution < -0.4 is 0 Å². The van der Waals surface area contributed by atoms with Crippen molar-refractivity contribution < 1.29 is 19.5 Å². The molecule has 0 unspecified atom stereocenters. The Morgan fingerprint density at radius 2 is 2.00 bits per heavy atom. The monoisotopic (exact) mass is 260 g/mol. The van der Waals surface area contributed by atoms with Crippen molar-refractivity contribution in [1.29, 1.82) is 0 Å². The van der Waals surface area contributed by atoms with Gasteiger partial charge in [0, 0.05) is 18.9 Å². The molecule has 0 aromatic carbocycles. The highest BCUT2D eigenvalue weighted by Gasteiger charge is 2.49. The molecular weight excluding hydrogens is 248 g/mol. The summed E-state index contributed by atoms with van der Waals surface area (Å²) in [4.78, 5) is 40.4. The molecule has 1 aromatic heterocycles. The lowest BCUT2D eigenvalue weighted by molar-refractivity contribution is -0.155. The normalized spacial score (nSPS) is 20.1. The maximum Gasteiger partial charge on any atom is 0.311 e.